The minimum Gasteiger partial charge on any atom is -0.492 e. The summed E-state index contributed by atoms with van der Waals surface area (Å²) in [5.41, 5.74) is 0.828. The van der Waals surface area contributed by atoms with E-state index in [-0.39, 0.29) is 0 Å². The van der Waals surface area contributed by atoms with Crippen LogP contribution in [0.15, 0.2) is 54.9 Å². The van der Waals surface area contributed by atoms with Crippen molar-refractivity contribution in [3.8, 4) is 5.75 Å². The summed E-state index contributed by atoms with van der Waals surface area (Å²) in [4.78, 5) is 4.41. The lowest BCUT2D eigenvalue weighted by molar-refractivity contribution is 0.333. The zero-order valence-corrected chi connectivity index (χ0v) is 10.4. The summed E-state index contributed by atoms with van der Waals surface area (Å²) in [7, 11) is 0. The number of hydrogen-bond donors (Lipinski definition) is 1. The molecule has 0 amide bonds. The number of fused-ring (bicyclic) bond motifs is 1. The first-order chi connectivity index (χ1) is 9.42. The Hall–Kier alpha value is -2.56. The van der Waals surface area contributed by atoms with E-state index in [0.717, 1.165) is 17.2 Å². The zero-order valence-electron chi connectivity index (χ0n) is 10.4. The van der Waals surface area contributed by atoms with E-state index in [0.29, 0.717) is 13.2 Å². The van der Waals surface area contributed by atoms with Crippen LogP contribution in [-0.2, 0) is 0 Å². The van der Waals surface area contributed by atoms with Crippen LogP contribution in [-0.4, -0.2) is 27.7 Å². The highest BCUT2D eigenvalue weighted by atomic mass is 16.5. The molecule has 0 radical (unpaired) electrons. The van der Waals surface area contributed by atoms with Gasteiger partial charge < -0.3 is 10.1 Å². The third-order valence-corrected chi connectivity index (χ3v) is 2.68. The molecule has 0 atom stereocenters. The predicted octanol–water partition coefficient (Wildman–Crippen LogP) is 2.22. The molecule has 0 spiro atoms. The maximum Gasteiger partial charge on any atom is 0.157 e. The largest absolute Gasteiger partial charge is 0.492 e. The number of hydrogen-bond acceptors (Lipinski definition) is 4. The van der Waals surface area contributed by atoms with E-state index in [2.05, 4.69) is 15.4 Å². The van der Waals surface area contributed by atoms with Gasteiger partial charge in [-0.3, -0.25) is 0 Å². The first kappa shape index (κ1) is 11.5. The van der Waals surface area contributed by atoms with Crippen LogP contribution in [0.4, 0.5) is 5.82 Å². The molecule has 0 fully saturated rings. The van der Waals surface area contributed by atoms with Crippen LogP contribution in [0.3, 0.4) is 0 Å². The third-order valence-electron chi connectivity index (χ3n) is 2.68. The van der Waals surface area contributed by atoms with E-state index in [4.69, 9.17) is 4.74 Å². The number of nitrogens with one attached hydrogen (secondary N) is 1. The van der Waals surface area contributed by atoms with Crippen molar-refractivity contribution in [1.82, 2.24) is 14.6 Å². The molecule has 0 saturated heterocycles. The van der Waals surface area contributed by atoms with Crippen molar-refractivity contribution in [3.63, 3.8) is 0 Å². The summed E-state index contributed by atoms with van der Waals surface area (Å²) >= 11 is 0. The molecule has 2 heterocycles. The van der Waals surface area contributed by atoms with Gasteiger partial charge in [-0.15, -0.1) is 0 Å². The monoisotopic (exact) mass is 254 g/mol. The van der Waals surface area contributed by atoms with Crippen molar-refractivity contribution < 1.29 is 4.74 Å². The number of benzene rings is 1. The molecule has 0 bridgehead atoms. The lowest BCUT2D eigenvalue weighted by atomic mass is 10.3. The van der Waals surface area contributed by atoms with Crippen LogP contribution in [0.2, 0.25) is 0 Å². The van der Waals surface area contributed by atoms with Crippen LogP contribution < -0.4 is 10.1 Å². The number of para-hydroxylation sites is 1. The molecule has 3 aromatic rings. The van der Waals surface area contributed by atoms with Crippen molar-refractivity contribution in [2.75, 3.05) is 18.5 Å². The molecule has 5 heteroatoms. The normalized spacial score (nSPS) is 10.5. The summed E-state index contributed by atoms with van der Waals surface area (Å²) in [6.07, 6.45) is 3.60. The molecule has 96 valence electrons. The summed E-state index contributed by atoms with van der Waals surface area (Å²) < 4.78 is 7.32. The van der Waals surface area contributed by atoms with Gasteiger partial charge in [-0.05, 0) is 18.2 Å². The van der Waals surface area contributed by atoms with Crippen molar-refractivity contribution in [1.29, 1.82) is 0 Å². The van der Waals surface area contributed by atoms with E-state index in [9.17, 15) is 0 Å². The minimum atomic E-state index is 0.593. The Bertz CT molecular complexity index is 651. The molecule has 3 rings (SSSR count). The summed E-state index contributed by atoms with van der Waals surface area (Å²) in [5, 5.41) is 7.32. The van der Waals surface area contributed by atoms with Crippen molar-refractivity contribution >= 4 is 11.5 Å². The van der Waals surface area contributed by atoms with Gasteiger partial charge in [0.25, 0.3) is 0 Å². The van der Waals surface area contributed by atoms with E-state index in [1.54, 1.807) is 10.7 Å². The van der Waals surface area contributed by atoms with Crippen molar-refractivity contribution in [2.24, 2.45) is 0 Å². The number of rotatable bonds is 5. The Morgan fingerprint density at radius 1 is 1.11 bits per heavy atom. The van der Waals surface area contributed by atoms with Crippen LogP contribution in [0.5, 0.6) is 5.75 Å². The molecular weight excluding hydrogens is 240 g/mol. The molecule has 2 aromatic heterocycles. The quantitative estimate of drug-likeness (QED) is 0.709. The fourth-order valence-electron chi connectivity index (χ4n) is 1.78. The Morgan fingerprint density at radius 3 is 2.89 bits per heavy atom. The number of anilines is 1. The smallest absolute Gasteiger partial charge is 0.157 e. The topological polar surface area (TPSA) is 51.5 Å². The molecule has 0 aliphatic carbocycles. The average molecular weight is 254 g/mol. The molecule has 1 aromatic carbocycles. The van der Waals surface area contributed by atoms with Gasteiger partial charge in [0.1, 0.15) is 18.2 Å². The second-order valence-corrected chi connectivity index (χ2v) is 4.04. The summed E-state index contributed by atoms with van der Waals surface area (Å²) in [6.45, 7) is 1.29. The summed E-state index contributed by atoms with van der Waals surface area (Å²) in [6, 6.07) is 13.5. The second kappa shape index (κ2) is 5.39. The van der Waals surface area contributed by atoms with Crippen LogP contribution >= 0.6 is 0 Å². The highest BCUT2D eigenvalue weighted by molar-refractivity contribution is 5.45. The highest BCUT2D eigenvalue weighted by Crippen LogP contribution is 2.08. The molecule has 19 heavy (non-hydrogen) atoms. The first-order valence-electron chi connectivity index (χ1n) is 6.14. The Morgan fingerprint density at radius 2 is 2.00 bits per heavy atom. The Labute approximate surface area is 110 Å². The lowest BCUT2D eigenvalue weighted by Crippen LogP contribution is -2.12. The molecular formula is C14H14N4O. The van der Waals surface area contributed by atoms with Gasteiger partial charge in [0.05, 0.1) is 12.7 Å². The maximum atomic E-state index is 5.59. The van der Waals surface area contributed by atoms with Crippen LogP contribution in [0.25, 0.3) is 5.65 Å². The Balaban J connectivity index is 1.52. The molecule has 5 nitrogen and oxygen atoms in total. The van der Waals surface area contributed by atoms with E-state index >= 15 is 0 Å². The van der Waals surface area contributed by atoms with E-state index < -0.39 is 0 Å². The van der Waals surface area contributed by atoms with Crippen molar-refractivity contribution in [3.05, 3.63) is 54.9 Å². The van der Waals surface area contributed by atoms with Gasteiger partial charge in [0, 0.05) is 12.3 Å². The number of ether oxygens (including phenoxy) is 1. The maximum absolute atomic E-state index is 5.59. The zero-order chi connectivity index (χ0) is 12.9. The number of aromatic nitrogens is 3. The molecule has 0 unspecified atom stereocenters. The molecule has 1 N–H and O–H groups in total. The van der Waals surface area contributed by atoms with Crippen LogP contribution in [0, 0.1) is 0 Å². The van der Waals surface area contributed by atoms with Crippen LogP contribution in [0.1, 0.15) is 0 Å². The fraction of sp³-hybridized carbons (Fsp3) is 0.143. The van der Waals surface area contributed by atoms with E-state index in [1.807, 2.05) is 48.7 Å². The molecule has 0 saturated carbocycles. The first-order valence-corrected chi connectivity index (χ1v) is 6.14. The third kappa shape index (κ3) is 2.82. The lowest BCUT2D eigenvalue weighted by Gasteiger charge is -2.08. The fourth-order valence-corrected chi connectivity index (χ4v) is 1.78. The van der Waals surface area contributed by atoms with Gasteiger partial charge in [-0.25, -0.2) is 9.50 Å². The second-order valence-electron chi connectivity index (χ2n) is 4.04. The van der Waals surface area contributed by atoms with Gasteiger partial charge >= 0.3 is 0 Å². The minimum absolute atomic E-state index is 0.593. The molecule has 0 aliphatic rings. The summed E-state index contributed by atoms with van der Waals surface area (Å²) in [5.74, 6) is 1.70. The predicted molar refractivity (Wildman–Crippen MR) is 73.4 cm³/mol. The number of nitrogens with zero attached hydrogens (tertiary/aromatic N) is 3. The van der Waals surface area contributed by atoms with Gasteiger partial charge in [0.15, 0.2) is 5.65 Å². The SMILES string of the molecule is c1ccc(OCCNc2ccn3nccc3n2)cc1. The van der Waals surface area contributed by atoms with E-state index in [1.165, 1.54) is 0 Å². The van der Waals surface area contributed by atoms with Gasteiger partial charge in [0.2, 0.25) is 0 Å². The van der Waals surface area contributed by atoms with Gasteiger partial charge in [-0.2, -0.15) is 5.10 Å². The van der Waals surface area contributed by atoms with Crippen molar-refractivity contribution in [2.45, 2.75) is 0 Å². The standard InChI is InChI=1S/C14H14N4O/c1-2-4-12(5-3-1)19-11-9-15-13-7-10-18-14(17-13)6-8-16-18/h1-8,10H,9,11H2,(H,15,17). The highest BCUT2D eigenvalue weighted by Gasteiger charge is 1.98. The molecule has 0 aliphatic heterocycles. The van der Waals surface area contributed by atoms with Gasteiger partial charge in [-0.1, -0.05) is 18.2 Å². The average Bonchev–Trinajstić information content (AvgIpc) is 2.92. The Kier molecular flexibility index (Phi) is 3.27.